The van der Waals surface area contributed by atoms with Gasteiger partial charge in [0.25, 0.3) is 5.91 Å². The highest BCUT2D eigenvalue weighted by Crippen LogP contribution is 2.11. The van der Waals surface area contributed by atoms with Crippen LogP contribution in [-0.4, -0.2) is 23.4 Å². The lowest BCUT2D eigenvalue weighted by molar-refractivity contribution is 0.0682. The second-order valence-electron chi connectivity index (χ2n) is 4.95. The van der Waals surface area contributed by atoms with Gasteiger partial charge in [-0.3, -0.25) is 4.79 Å². The topological polar surface area (TPSA) is 20.3 Å². The minimum atomic E-state index is -0.318. The predicted octanol–water partition coefficient (Wildman–Crippen LogP) is 3.33. The monoisotopic (exact) mass is 237 g/mol. The standard InChI is InChI=1S/C14H20FNO/c1-10(2)9-16(11(3)4)14(17)12-5-7-13(15)8-6-12/h5-8,10-11H,9H2,1-4H3. The summed E-state index contributed by atoms with van der Waals surface area (Å²) in [4.78, 5) is 14.1. The van der Waals surface area contributed by atoms with Crippen molar-refractivity contribution in [1.29, 1.82) is 0 Å². The number of carbonyl (C=O) groups excluding carboxylic acids is 1. The Morgan fingerprint density at radius 2 is 1.71 bits per heavy atom. The summed E-state index contributed by atoms with van der Waals surface area (Å²) in [5.41, 5.74) is 0.542. The van der Waals surface area contributed by atoms with Crippen LogP contribution < -0.4 is 0 Å². The molecule has 0 aliphatic heterocycles. The number of hydrogen-bond acceptors (Lipinski definition) is 1. The van der Waals surface area contributed by atoms with Gasteiger partial charge in [0.2, 0.25) is 0 Å². The third-order valence-electron chi connectivity index (χ3n) is 2.54. The lowest BCUT2D eigenvalue weighted by atomic mass is 10.1. The van der Waals surface area contributed by atoms with E-state index in [1.807, 2.05) is 18.7 Å². The highest BCUT2D eigenvalue weighted by Gasteiger charge is 2.19. The largest absolute Gasteiger partial charge is 0.336 e. The zero-order valence-electron chi connectivity index (χ0n) is 10.9. The number of carbonyl (C=O) groups is 1. The Morgan fingerprint density at radius 3 is 2.12 bits per heavy atom. The number of rotatable bonds is 4. The fraction of sp³-hybridized carbons (Fsp3) is 0.500. The van der Waals surface area contributed by atoms with E-state index >= 15 is 0 Å². The molecule has 0 bridgehead atoms. The summed E-state index contributed by atoms with van der Waals surface area (Å²) < 4.78 is 12.8. The Hall–Kier alpha value is -1.38. The Morgan fingerprint density at radius 1 is 1.18 bits per heavy atom. The van der Waals surface area contributed by atoms with Gasteiger partial charge in [-0.2, -0.15) is 0 Å². The van der Waals surface area contributed by atoms with Crippen LogP contribution >= 0.6 is 0 Å². The van der Waals surface area contributed by atoms with E-state index < -0.39 is 0 Å². The summed E-state index contributed by atoms with van der Waals surface area (Å²) in [5, 5.41) is 0. The number of benzene rings is 1. The van der Waals surface area contributed by atoms with Crippen LogP contribution in [0.25, 0.3) is 0 Å². The summed E-state index contributed by atoms with van der Waals surface area (Å²) in [6, 6.07) is 5.86. The molecule has 0 unspecified atom stereocenters. The van der Waals surface area contributed by atoms with E-state index in [1.165, 1.54) is 24.3 Å². The van der Waals surface area contributed by atoms with E-state index in [2.05, 4.69) is 13.8 Å². The first-order valence-electron chi connectivity index (χ1n) is 5.98. The van der Waals surface area contributed by atoms with Crippen LogP contribution in [-0.2, 0) is 0 Å². The number of amides is 1. The van der Waals surface area contributed by atoms with E-state index in [9.17, 15) is 9.18 Å². The minimum Gasteiger partial charge on any atom is -0.336 e. The average molecular weight is 237 g/mol. The molecule has 0 aromatic heterocycles. The molecule has 94 valence electrons. The molecule has 1 amide bonds. The molecule has 0 fully saturated rings. The van der Waals surface area contributed by atoms with Gasteiger partial charge in [0.05, 0.1) is 0 Å². The van der Waals surface area contributed by atoms with Crippen molar-refractivity contribution >= 4 is 5.91 Å². The highest BCUT2D eigenvalue weighted by atomic mass is 19.1. The van der Waals surface area contributed by atoms with Crippen LogP contribution in [0.5, 0.6) is 0 Å². The van der Waals surface area contributed by atoms with Crippen molar-refractivity contribution in [2.24, 2.45) is 5.92 Å². The highest BCUT2D eigenvalue weighted by molar-refractivity contribution is 5.94. The maximum absolute atomic E-state index is 12.8. The molecule has 1 aromatic rings. The second-order valence-corrected chi connectivity index (χ2v) is 4.95. The van der Waals surface area contributed by atoms with Crippen molar-refractivity contribution in [2.45, 2.75) is 33.7 Å². The normalized spacial score (nSPS) is 11.0. The molecule has 0 aliphatic rings. The lowest BCUT2D eigenvalue weighted by Gasteiger charge is -2.28. The van der Waals surface area contributed by atoms with E-state index in [0.717, 1.165) is 0 Å². The summed E-state index contributed by atoms with van der Waals surface area (Å²) in [6.07, 6.45) is 0. The molecule has 1 rings (SSSR count). The van der Waals surface area contributed by atoms with Crippen molar-refractivity contribution in [1.82, 2.24) is 4.90 Å². The molecule has 0 saturated carbocycles. The van der Waals surface area contributed by atoms with Crippen molar-refractivity contribution in [3.63, 3.8) is 0 Å². The molecule has 17 heavy (non-hydrogen) atoms. The third-order valence-corrected chi connectivity index (χ3v) is 2.54. The summed E-state index contributed by atoms with van der Waals surface area (Å²) in [6.45, 7) is 8.85. The zero-order chi connectivity index (χ0) is 13.0. The van der Waals surface area contributed by atoms with Crippen LogP contribution in [0, 0.1) is 11.7 Å². The van der Waals surface area contributed by atoms with Gasteiger partial charge < -0.3 is 4.90 Å². The molecular weight excluding hydrogens is 217 g/mol. The second kappa shape index (κ2) is 5.80. The molecule has 0 spiro atoms. The first-order valence-corrected chi connectivity index (χ1v) is 5.98. The van der Waals surface area contributed by atoms with Crippen molar-refractivity contribution < 1.29 is 9.18 Å². The van der Waals surface area contributed by atoms with E-state index in [1.54, 1.807) is 0 Å². The number of halogens is 1. The van der Waals surface area contributed by atoms with Crippen molar-refractivity contribution in [2.75, 3.05) is 6.54 Å². The maximum atomic E-state index is 12.8. The number of hydrogen-bond donors (Lipinski definition) is 0. The van der Waals surface area contributed by atoms with E-state index in [0.29, 0.717) is 18.0 Å². The molecule has 1 aromatic carbocycles. The van der Waals surface area contributed by atoms with Crippen LogP contribution in [0.3, 0.4) is 0 Å². The fourth-order valence-corrected chi connectivity index (χ4v) is 1.68. The molecule has 0 N–H and O–H groups in total. The molecular formula is C14H20FNO. The van der Waals surface area contributed by atoms with E-state index in [-0.39, 0.29) is 17.8 Å². The Bertz CT molecular complexity index is 370. The number of nitrogens with zero attached hydrogens (tertiary/aromatic N) is 1. The van der Waals surface area contributed by atoms with Gasteiger partial charge in [-0.05, 0) is 44.0 Å². The van der Waals surface area contributed by atoms with Gasteiger partial charge in [0.15, 0.2) is 0 Å². The quantitative estimate of drug-likeness (QED) is 0.786. The van der Waals surface area contributed by atoms with Gasteiger partial charge in [0, 0.05) is 18.2 Å². The van der Waals surface area contributed by atoms with Crippen molar-refractivity contribution in [3.05, 3.63) is 35.6 Å². The average Bonchev–Trinajstić information content (AvgIpc) is 2.25. The van der Waals surface area contributed by atoms with Crippen LogP contribution in [0.2, 0.25) is 0 Å². The zero-order valence-corrected chi connectivity index (χ0v) is 10.9. The molecule has 0 atom stereocenters. The predicted molar refractivity (Wildman–Crippen MR) is 67.4 cm³/mol. The SMILES string of the molecule is CC(C)CN(C(=O)c1ccc(F)cc1)C(C)C. The molecule has 2 nitrogen and oxygen atoms in total. The van der Waals surface area contributed by atoms with Crippen molar-refractivity contribution in [3.8, 4) is 0 Å². The fourth-order valence-electron chi connectivity index (χ4n) is 1.68. The van der Waals surface area contributed by atoms with Gasteiger partial charge in [-0.25, -0.2) is 4.39 Å². The maximum Gasteiger partial charge on any atom is 0.254 e. The van der Waals surface area contributed by atoms with Crippen LogP contribution in [0.1, 0.15) is 38.1 Å². The van der Waals surface area contributed by atoms with E-state index in [4.69, 9.17) is 0 Å². The molecule has 0 radical (unpaired) electrons. The summed E-state index contributed by atoms with van der Waals surface area (Å²) in [5.74, 6) is 0.0667. The van der Waals surface area contributed by atoms with Gasteiger partial charge in [-0.15, -0.1) is 0 Å². The molecule has 0 heterocycles. The Kier molecular flexibility index (Phi) is 4.67. The summed E-state index contributed by atoms with van der Waals surface area (Å²) >= 11 is 0. The van der Waals surface area contributed by atoms with Crippen LogP contribution in [0.4, 0.5) is 4.39 Å². The first-order chi connectivity index (χ1) is 7.91. The Labute approximate surface area is 102 Å². The first kappa shape index (κ1) is 13.7. The Balaban J connectivity index is 2.88. The summed E-state index contributed by atoms with van der Waals surface area (Å²) in [7, 11) is 0. The lowest BCUT2D eigenvalue weighted by Crippen LogP contribution is -2.39. The minimum absolute atomic E-state index is 0.0336. The van der Waals surface area contributed by atoms with Gasteiger partial charge in [-0.1, -0.05) is 13.8 Å². The molecule has 0 saturated heterocycles. The van der Waals surface area contributed by atoms with Gasteiger partial charge in [0.1, 0.15) is 5.82 Å². The molecule has 0 aliphatic carbocycles. The third kappa shape index (κ3) is 3.84. The smallest absolute Gasteiger partial charge is 0.254 e. The van der Waals surface area contributed by atoms with Gasteiger partial charge >= 0.3 is 0 Å². The molecule has 3 heteroatoms. The van der Waals surface area contributed by atoms with Crippen LogP contribution in [0.15, 0.2) is 24.3 Å².